The molecule has 2 rings (SSSR count). The molecule has 0 atom stereocenters. The second-order valence-electron chi connectivity index (χ2n) is 5.47. The molecule has 0 aliphatic rings. The Morgan fingerprint density at radius 3 is 2.50 bits per heavy atom. The van der Waals surface area contributed by atoms with Gasteiger partial charge in [0.1, 0.15) is 5.75 Å². The Morgan fingerprint density at radius 2 is 1.79 bits per heavy atom. The van der Waals surface area contributed by atoms with Crippen molar-refractivity contribution in [2.75, 3.05) is 19.7 Å². The van der Waals surface area contributed by atoms with E-state index in [4.69, 9.17) is 4.74 Å². The van der Waals surface area contributed by atoms with Crippen LogP contribution in [0.15, 0.2) is 53.4 Å². The number of rotatable bonds is 9. The van der Waals surface area contributed by atoms with E-state index in [9.17, 15) is 8.42 Å². The van der Waals surface area contributed by atoms with Crippen LogP contribution < -0.4 is 14.8 Å². The summed E-state index contributed by atoms with van der Waals surface area (Å²) in [5, 5.41) is 3.22. The topological polar surface area (TPSA) is 67.4 Å². The third-order valence-corrected chi connectivity index (χ3v) is 4.94. The minimum Gasteiger partial charge on any atom is -0.494 e. The normalized spacial score (nSPS) is 11.4. The molecule has 0 saturated carbocycles. The van der Waals surface area contributed by atoms with Gasteiger partial charge in [0, 0.05) is 19.6 Å². The summed E-state index contributed by atoms with van der Waals surface area (Å²) in [5.74, 6) is 0.844. The number of sulfonamides is 1. The number of hydrogen-bond donors (Lipinski definition) is 2. The van der Waals surface area contributed by atoms with E-state index in [1.54, 1.807) is 24.3 Å². The minimum atomic E-state index is -3.45. The highest BCUT2D eigenvalue weighted by Crippen LogP contribution is 2.13. The van der Waals surface area contributed by atoms with Crippen molar-refractivity contribution in [1.82, 2.24) is 10.0 Å². The van der Waals surface area contributed by atoms with E-state index < -0.39 is 10.0 Å². The highest BCUT2D eigenvalue weighted by molar-refractivity contribution is 7.89. The highest BCUT2D eigenvalue weighted by atomic mass is 32.2. The number of aryl methyl sites for hydroxylation is 1. The molecule has 0 aliphatic carbocycles. The van der Waals surface area contributed by atoms with Crippen molar-refractivity contribution in [1.29, 1.82) is 0 Å². The van der Waals surface area contributed by atoms with Crippen molar-refractivity contribution in [3.8, 4) is 5.75 Å². The van der Waals surface area contributed by atoms with Crippen LogP contribution in [0.4, 0.5) is 0 Å². The van der Waals surface area contributed by atoms with E-state index >= 15 is 0 Å². The Kier molecular flexibility index (Phi) is 6.78. The fraction of sp³-hybridized carbons (Fsp3) is 0.333. The van der Waals surface area contributed by atoms with Crippen LogP contribution in [0, 0.1) is 6.92 Å². The maximum atomic E-state index is 12.1. The van der Waals surface area contributed by atoms with Gasteiger partial charge in [-0.15, -0.1) is 0 Å². The molecule has 6 heteroatoms. The zero-order chi connectivity index (χ0) is 17.4. The monoisotopic (exact) mass is 348 g/mol. The van der Waals surface area contributed by atoms with Gasteiger partial charge in [0.25, 0.3) is 0 Å². The molecule has 0 aliphatic heterocycles. The summed E-state index contributed by atoms with van der Waals surface area (Å²) in [5.41, 5.74) is 2.13. The molecule has 2 aromatic carbocycles. The molecular formula is C18H24N2O3S. The van der Waals surface area contributed by atoms with Crippen molar-refractivity contribution in [3.05, 3.63) is 59.7 Å². The average molecular weight is 348 g/mol. The number of ether oxygens (including phenoxy) is 1. The summed E-state index contributed by atoms with van der Waals surface area (Å²) in [7, 11) is -3.45. The highest BCUT2D eigenvalue weighted by Gasteiger charge is 2.12. The first-order valence-corrected chi connectivity index (χ1v) is 9.48. The van der Waals surface area contributed by atoms with Crippen molar-refractivity contribution in [2.24, 2.45) is 0 Å². The molecule has 0 unspecified atom stereocenters. The van der Waals surface area contributed by atoms with E-state index in [-0.39, 0.29) is 4.90 Å². The molecule has 0 bridgehead atoms. The molecule has 0 amide bonds. The Morgan fingerprint density at radius 1 is 1.04 bits per heavy atom. The number of nitrogens with one attached hydrogen (secondary N) is 2. The maximum absolute atomic E-state index is 12.1. The van der Waals surface area contributed by atoms with Crippen LogP contribution in [0.25, 0.3) is 0 Å². The molecule has 24 heavy (non-hydrogen) atoms. The predicted molar refractivity (Wildman–Crippen MR) is 95.7 cm³/mol. The minimum absolute atomic E-state index is 0.289. The van der Waals surface area contributed by atoms with Gasteiger partial charge in [0.05, 0.1) is 11.5 Å². The lowest BCUT2D eigenvalue weighted by Gasteiger charge is -2.09. The maximum Gasteiger partial charge on any atom is 0.240 e. The molecule has 2 aromatic rings. The third kappa shape index (κ3) is 5.63. The SMILES string of the molecule is CCOc1cccc(CNCCNS(=O)(=O)c2ccc(C)cc2)c1. The Hall–Kier alpha value is -1.89. The number of benzene rings is 2. The summed E-state index contributed by atoms with van der Waals surface area (Å²) in [6.07, 6.45) is 0. The van der Waals surface area contributed by atoms with Crippen LogP contribution in [0.2, 0.25) is 0 Å². The van der Waals surface area contributed by atoms with E-state index in [0.29, 0.717) is 26.2 Å². The van der Waals surface area contributed by atoms with Crippen molar-refractivity contribution in [3.63, 3.8) is 0 Å². The van der Waals surface area contributed by atoms with E-state index in [0.717, 1.165) is 16.9 Å². The van der Waals surface area contributed by atoms with Gasteiger partial charge in [-0.2, -0.15) is 0 Å². The van der Waals surface area contributed by atoms with E-state index in [1.807, 2.05) is 38.1 Å². The van der Waals surface area contributed by atoms with E-state index in [2.05, 4.69) is 10.0 Å². The molecule has 2 N–H and O–H groups in total. The van der Waals surface area contributed by atoms with Crippen LogP contribution in [0.3, 0.4) is 0 Å². The summed E-state index contributed by atoms with van der Waals surface area (Å²) in [4.78, 5) is 0.289. The summed E-state index contributed by atoms with van der Waals surface area (Å²) in [6.45, 7) is 6.05. The summed E-state index contributed by atoms with van der Waals surface area (Å²) < 4.78 is 32.3. The van der Waals surface area contributed by atoms with Gasteiger partial charge < -0.3 is 10.1 Å². The fourth-order valence-corrected chi connectivity index (χ4v) is 3.25. The lowest BCUT2D eigenvalue weighted by molar-refractivity contribution is 0.340. The molecule has 0 fully saturated rings. The molecular weight excluding hydrogens is 324 g/mol. The van der Waals surface area contributed by atoms with Crippen LogP contribution in [0.5, 0.6) is 5.75 Å². The smallest absolute Gasteiger partial charge is 0.240 e. The molecule has 0 radical (unpaired) electrons. The van der Waals surface area contributed by atoms with Gasteiger partial charge in [0.15, 0.2) is 0 Å². The lowest BCUT2D eigenvalue weighted by atomic mass is 10.2. The van der Waals surface area contributed by atoms with Crippen LogP contribution in [-0.2, 0) is 16.6 Å². The van der Waals surface area contributed by atoms with Crippen LogP contribution >= 0.6 is 0 Å². The van der Waals surface area contributed by atoms with E-state index in [1.165, 1.54) is 0 Å². The molecule has 5 nitrogen and oxygen atoms in total. The Labute approximate surface area is 144 Å². The largest absolute Gasteiger partial charge is 0.494 e. The van der Waals surface area contributed by atoms with Crippen molar-refractivity contribution in [2.45, 2.75) is 25.3 Å². The van der Waals surface area contributed by atoms with Gasteiger partial charge in [0.2, 0.25) is 10.0 Å². The van der Waals surface area contributed by atoms with Gasteiger partial charge in [-0.3, -0.25) is 0 Å². The van der Waals surface area contributed by atoms with Crippen molar-refractivity contribution < 1.29 is 13.2 Å². The third-order valence-electron chi connectivity index (χ3n) is 3.46. The first-order chi connectivity index (χ1) is 11.5. The Balaban J connectivity index is 1.76. The van der Waals surface area contributed by atoms with Crippen molar-refractivity contribution >= 4 is 10.0 Å². The molecule has 0 aromatic heterocycles. The van der Waals surface area contributed by atoms with Gasteiger partial charge in [-0.05, 0) is 43.7 Å². The molecule has 0 heterocycles. The average Bonchev–Trinajstić information content (AvgIpc) is 2.55. The molecule has 0 spiro atoms. The quantitative estimate of drug-likeness (QED) is 0.683. The Bertz CT molecular complexity index is 743. The zero-order valence-corrected chi connectivity index (χ0v) is 14.9. The summed E-state index contributed by atoms with van der Waals surface area (Å²) in [6, 6.07) is 14.7. The second kappa shape index (κ2) is 8.82. The van der Waals surface area contributed by atoms with Crippen LogP contribution in [0.1, 0.15) is 18.1 Å². The van der Waals surface area contributed by atoms with Gasteiger partial charge >= 0.3 is 0 Å². The predicted octanol–water partition coefficient (Wildman–Crippen LogP) is 2.46. The van der Waals surface area contributed by atoms with Crippen LogP contribution in [-0.4, -0.2) is 28.1 Å². The summed E-state index contributed by atoms with van der Waals surface area (Å²) >= 11 is 0. The zero-order valence-electron chi connectivity index (χ0n) is 14.1. The van der Waals surface area contributed by atoms with Gasteiger partial charge in [-0.1, -0.05) is 29.8 Å². The molecule has 0 saturated heterocycles. The van der Waals surface area contributed by atoms with Gasteiger partial charge in [-0.25, -0.2) is 13.1 Å². The fourth-order valence-electron chi connectivity index (χ4n) is 2.22. The first-order valence-electron chi connectivity index (χ1n) is 8.00. The standard InChI is InChI=1S/C18H24N2O3S/c1-3-23-17-6-4-5-16(13-17)14-19-11-12-20-24(21,22)18-9-7-15(2)8-10-18/h4-10,13,19-20H,3,11-12,14H2,1-2H3. The second-order valence-corrected chi connectivity index (χ2v) is 7.23. The lowest BCUT2D eigenvalue weighted by Crippen LogP contribution is -2.31. The molecule has 130 valence electrons. The first kappa shape index (κ1) is 18.4. The number of hydrogen-bond acceptors (Lipinski definition) is 4.